The van der Waals surface area contributed by atoms with Crippen molar-refractivity contribution in [1.29, 1.82) is 0 Å². The SMILES string of the molecule is Cc1nn(-c2ccc(F)cc2)c2c1[C@H](c1ccsc1)S[C@H](C)C(=O)N2. The van der Waals surface area contributed by atoms with Gasteiger partial charge in [0.15, 0.2) is 0 Å². The Morgan fingerprint density at radius 1 is 1.24 bits per heavy atom. The largest absolute Gasteiger partial charge is 0.309 e. The second-order valence-corrected chi connectivity index (χ2v) is 8.17. The third-order valence-corrected chi connectivity index (χ3v) is 6.34. The molecule has 3 heterocycles. The van der Waals surface area contributed by atoms with Gasteiger partial charge in [-0.3, -0.25) is 4.79 Å². The van der Waals surface area contributed by atoms with Crippen molar-refractivity contribution in [3.8, 4) is 5.69 Å². The van der Waals surface area contributed by atoms with Crippen molar-refractivity contribution in [3.05, 3.63) is 63.7 Å². The highest BCUT2D eigenvalue weighted by molar-refractivity contribution is 8.01. The van der Waals surface area contributed by atoms with E-state index in [4.69, 9.17) is 0 Å². The zero-order valence-electron chi connectivity index (χ0n) is 13.7. The van der Waals surface area contributed by atoms with Gasteiger partial charge in [0.2, 0.25) is 5.91 Å². The van der Waals surface area contributed by atoms with Crippen LogP contribution in [0, 0.1) is 12.7 Å². The fraction of sp³-hybridized carbons (Fsp3) is 0.222. The number of anilines is 1. The monoisotopic (exact) mass is 373 g/mol. The normalized spacial score (nSPS) is 20.0. The van der Waals surface area contributed by atoms with Crippen molar-refractivity contribution in [3.63, 3.8) is 0 Å². The molecule has 0 bridgehead atoms. The number of nitrogens with one attached hydrogen (secondary N) is 1. The molecule has 2 atom stereocenters. The van der Waals surface area contributed by atoms with E-state index in [-0.39, 0.29) is 22.2 Å². The molecule has 3 aromatic rings. The lowest BCUT2D eigenvalue weighted by Crippen LogP contribution is -2.22. The van der Waals surface area contributed by atoms with Crippen LogP contribution in [0.2, 0.25) is 0 Å². The number of benzene rings is 1. The van der Waals surface area contributed by atoms with Crippen LogP contribution in [-0.2, 0) is 4.79 Å². The average molecular weight is 373 g/mol. The van der Waals surface area contributed by atoms with E-state index in [1.807, 2.05) is 19.2 Å². The topological polar surface area (TPSA) is 46.9 Å². The molecule has 0 radical (unpaired) electrons. The van der Waals surface area contributed by atoms with Crippen LogP contribution < -0.4 is 5.32 Å². The maximum atomic E-state index is 13.3. The van der Waals surface area contributed by atoms with Crippen molar-refractivity contribution in [2.75, 3.05) is 5.32 Å². The number of thiophene rings is 1. The summed E-state index contributed by atoms with van der Waals surface area (Å²) in [7, 11) is 0. The first kappa shape index (κ1) is 16.4. The fourth-order valence-electron chi connectivity index (χ4n) is 2.96. The van der Waals surface area contributed by atoms with Gasteiger partial charge in [-0.25, -0.2) is 9.07 Å². The van der Waals surface area contributed by atoms with Gasteiger partial charge in [-0.2, -0.15) is 16.4 Å². The highest BCUT2D eigenvalue weighted by Gasteiger charge is 2.34. The quantitative estimate of drug-likeness (QED) is 0.717. The Labute approximate surface area is 153 Å². The predicted molar refractivity (Wildman–Crippen MR) is 100 cm³/mol. The molecule has 128 valence electrons. The fourth-order valence-corrected chi connectivity index (χ4v) is 5.05. The molecule has 4 nitrogen and oxygen atoms in total. The van der Waals surface area contributed by atoms with E-state index in [2.05, 4.69) is 21.9 Å². The third kappa shape index (κ3) is 2.87. The Bertz CT molecular complexity index is 919. The standard InChI is InChI=1S/C18H16FN3OS2/c1-10-15-16(12-7-8-24-9-12)25-11(2)18(23)20-17(15)22(21-10)14-5-3-13(19)4-6-14/h3-9,11,16H,1-2H3,(H,20,23)/t11-,16+/m1/s1. The molecule has 0 unspecified atom stereocenters. The van der Waals surface area contributed by atoms with Gasteiger partial charge in [-0.05, 0) is 60.5 Å². The van der Waals surface area contributed by atoms with Gasteiger partial charge in [-0.15, -0.1) is 11.8 Å². The summed E-state index contributed by atoms with van der Waals surface area (Å²) in [5.74, 6) is 0.317. The summed E-state index contributed by atoms with van der Waals surface area (Å²) in [6, 6.07) is 8.20. The van der Waals surface area contributed by atoms with Crippen LogP contribution in [0.5, 0.6) is 0 Å². The van der Waals surface area contributed by atoms with Gasteiger partial charge in [0.05, 0.1) is 21.9 Å². The molecule has 0 fully saturated rings. The van der Waals surface area contributed by atoms with E-state index >= 15 is 0 Å². The minimum Gasteiger partial charge on any atom is -0.309 e. The Morgan fingerprint density at radius 2 is 2.00 bits per heavy atom. The molecule has 1 aliphatic rings. The zero-order valence-corrected chi connectivity index (χ0v) is 15.3. The summed E-state index contributed by atoms with van der Waals surface area (Å²) in [4.78, 5) is 12.5. The molecule has 4 rings (SSSR count). The molecule has 0 aliphatic carbocycles. The van der Waals surface area contributed by atoms with Crippen LogP contribution >= 0.6 is 23.1 Å². The lowest BCUT2D eigenvalue weighted by atomic mass is 10.1. The van der Waals surface area contributed by atoms with E-state index in [1.165, 1.54) is 17.7 Å². The van der Waals surface area contributed by atoms with Crippen molar-refractivity contribution < 1.29 is 9.18 Å². The lowest BCUT2D eigenvalue weighted by molar-refractivity contribution is -0.115. The van der Waals surface area contributed by atoms with E-state index in [0.29, 0.717) is 5.82 Å². The van der Waals surface area contributed by atoms with Crippen LogP contribution in [0.25, 0.3) is 5.69 Å². The van der Waals surface area contributed by atoms with Gasteiger partial charge >= 0.3 is 0 Å². The summed E-state index contributed by atoms with van der Waals surface area (Å²) in [6.45, 7) is 3.86. The number of aryl methyl sites for hydroxylation is 1. The summed E-state index contributed by atoms with van der Waals surface area (Å²) in [5, 5.41) is 11.6. The molecule has 0 spiro atoms. The summed E-state index contributed by atoms with van der Waals surface area (Å²) < 4.78 is 15.0. The zero-order chi connectivity index (χ0) is 17.6. The number of thioether (sulfide) groups is 1. The van der Waals surface area contributed by atoms with Gasteiger partial charge in [-0.1, -0.05) is 0 Å². The number of aromatic nitrogens is 2. The lowest BCUT2D eigenvalue weighted by Gasteiger charge is -2.15. The Balaban J connectivity index is 1.90. The van der Waals surface area contributed by atoms with Crippen LogP contribution in [-0.4, -0.2) is 20.9 Å². The van der Waals surface area contributed by atoms with E-state index in [1.54, 1.807) is 39.9 Å². The molecule has 2 aromatic heterocycles. The van der Waals surface area contributed by atoms with Crippen LogP contribution in [0.1, 0.15) is 29.0 Å². The molecule has 25 heavy (non-hydrogen) atoms. The first-order valence-corrected chi connectivity index (χ1v) is 9.77. The van der Waals surface area contributed by atoms with Crippen LogP contribution in [0.3, 0.4) is 0 Å². The van der Waals surface area contributed by atoms with Crippen molar-refractivity contribution in [1.82, 2.24) is 9.78 Å². The number of hydrogen-bond acceptors (Lipinski definition) is 4. The predicted octanol–water partition coefficient (Wildman–Crippen LogP) is 4.54. The molecule has 0 saturated carbocycles. The van der Waals surface area contributed by atoms with Crippen LogP contribution in [0.4, 0.5) is 10.2 Å². The summed E-state index contributed by atoms with van der Waals surface area (Å²) in [5.41, 5.74) is 3.75. The molecular weight excluding hydrogens is 357 g/mol. The molecule has 1 amide bonds. The van der Waals surface area contributed by atoms with Crippen molar-refractivity contribution in [2.45, 2.75) is 24.3 Å². The number of halogens is 1. The highest BCUT2D eigenvalue weighted by Crippen LogP contribution is 2.46. The average Bonchev–Trinajstić information content (AvgIpc) is 3.19. The number of amides is 1. The molecule has 0 saturated heterocycles. The van der Waals surface area contributed by atoms with E-state index < -0.39 is 0 Å². The molecule has 1 aliphatic heterocycles. The van der Waals surface area contributed by atoms with Gasteiger partial charge in [0, 0.05) is 5.56 Å². The van der Waals surface area contributed by atoms with Gasteiger partial charge < -0.3 is 5.32 Å². The Kier molecular flexibility index (Phi) is 4.13. The number of hydrogen-bond donors (Lipinski definition) is 1. The molecule has 1 aromatic carbocycles. The third-order valence-electron chi connectivity index (χ3n) is 4.24. The minimum atomic E-state index is -0.303. The van der Waals surface area contributed by atoms with E-state index in [9.17, 15) is 9.18 Å². The Hall–Kier alpha value is -2.12. The molecule has 7 heteroatoms. The van der Waals surface area contributed by atoms with Crippen LogP contribution in [0.15, 0.2) is 41.1 Å². The number of fused-ring (bicyclic) bond motifs is 1. The minimum absolute atomic E-state index is 0.0319. The number of nitrogens with zero attached hydrogens (tertiary/aromatic N) is 2. The number of carbonyl (C=O) groups is 1. The first-order chi connectivity index (χ1) is 12.0. The summed E-state index contributed by atoms with van der Waals surface area (Å²) >= 11 is 3.26. The second-order valence-electron chi connectivity index (χ2n) is 5.94. The van der Waals surface area contributed by atoms with Gasteiger partial charge in [0.1, 0.15) is 11.6 Å². The number of rotatable bonds is 2. The first-order valence-electron chi connectivity index (χ1n) is 7.88. The second kappa shape index (κ2) is 6.31. The maximum absolute atomic E-state index is 13.3. The maximum Gasteiger partial charge on any atom is 0.238 e. The van der Waals surface area contributed by atoms with Crippen molar-refractivity contribution in [2.24, 2.45) is 0 Å². The summed E-state index contributed by atoms with van der Waals surface area (Å²) in [6.07, 6.45) is 0. The molecule has 1 N–H and O–H groups in total. The highest BCUT2D eigenvalue weighted by atomic mass is 32.2. The smallest absolute Gasteiger partial charge is 0.238 e. The van der Waals surface area contributed by atoms with Gasteiger partial charge in [0.25, 0.3) is 0 Å². The molecular formula is C18H16FN3OS2. The Morgan fingerprint density at radius 3 is 2.68 bits per heavy atom. The number of carbonyl (C=O) groups excluding carboxylic acids is 1. The van der Waals surface area contributed by atoms with E-state index in [0.717, 1.165) is 16.9 Å². The van der Waals surface area contributed by atoms with Crippen molar-refractivity contribution >= 4 is 34.8 Å².